The van der Waals surface area contributed by atoms with Gasteiger partial charge in [0.2, 0.25) is 10.0 Å². The van der Waals surface area contributed by atoms with Crippen molar-refractivity contribution in [3.63, 3.8) is 0 Å². The lowest BCUT2D eigenvalue weighted by Crippen LogP contribution is -2.49. The Morgan fingerprint density at radius 1 is 1.30 bits per heavy atom. The second-order valence-electron chi connectivity index (χ2n) is 5.68. The van der Waals surface area contributed by atoms with Gasteiger partial charge in [0.25, 0.3) is 0 Å². The molecule has 0 bridgehead atoms. The average Bonchev–Trinajstić information content (AvgIpc) is 2.25. The molecule has 5 nitrogen and oxygen atoms in total. The van der Waals surface area contributed by atoms with E-state index in [-0.39, 0.29) is 0 Å². The van der Waals surface area contributed by atoms with Crippen LogP contribution in [0.4, 0.5) is 0 Å². The highest BCUT2D eigenvalue weighted by Gasteiger charge is 2.21. The Kier molecular flexibility index (Phi) is 5.56. The molecule has 0 saturated heterocycles. The molecule has 0 spiro atoms. The Hall–Kier alpha value is -1.11. The van der Waals surface area contributed by atoms with Gasteiger partial charge in [-0.2, -0.15) is 0 Å². The maximum Gasteiger partial charge on any atom is 0.209 e. The van der Waals surface area contributed by atoms with E-state index in [1.807, 2.05) is 32.9 Å². The highest BCUT2D eigenvalue weighted by atomic mass is 32.2. The third kappa shape index (κ3) is 5.90. The van der Waals surface area contributed by atoms with Gasteiger partial charge >= 0.3 is 0 Å². The van der Waals surface area contributed by atoms with Crippen LogP contribution in [0.5, 0.6) is 5.75 Å². The number of hydrogen-bond acceptors (Lipinski definition) is 4. The summed E-state index contributed by atoms with van der Waals surface area (Å²) in [6.07, 6.45) is 1.17. The minimum Gasteiger partial charge on any atom is -0.496 e. The SMILES string of the molecule is COc1ccc(C)cc1CNCC(C)(C)NS(C)(=O)=O. The van der Waals surface area contributed by atoms with Crippen molar-refractivity contribution in [2.45, 2.75) is 32.9 Å². The molecule has 0 fully saturated rings. The summed E-state index contributed by atoms with van der Waals surface area (Å²) in [6, 6.07) is 5.99. The molecule has 114 valence electrons. The normalized spacial score (nSPS) is 12.4. The van der Waals surface area contributed by atoms with Crippen LogP contribution < -0.4 is 14.8 Å². The van der Waals surface area contributed by atoms with Gasteiger partial charge in [-0.3, -0.25) is 0 Å². The molecule has 2 N–H and O–H groups in total. The van der Waals surface area contributed by atoms with Crippen LogP contribution in [-0.4, -0.2) is 33.9 Å². The summed E-state index contributed by atoms with van der Waals surface area (Å²) in [6.45, 7) is 6.86. The molecule has 1 rings (SSSR count). The van der Waals surface area contributed by atoms with Crippen molar-refractivity contribution in [3.8, 4) is 5.75 Å². The van der Waals surface area contributed by atoms with Crippen LogP contribution in [0.1, 0.15) is 25.0 Å². The molecule has 0 amide bonds. The van der Waals surface area contributed by atoms with Gasteiger partial charge < -0.3 is 10.1 Å². The van der Waals surface area contributed by atoms with E-state index in [9.17, 15) is 8.42 Å². The first-order valence-corrected chi connectivity index (χ1v) is 8.35. The van der Waals surface area contributed by atoms with Crippen LogP contribution in [-0.2, 0) is 16.6 Å². The highest BCUT2D eigenvalue weighted by molar-refractivity contribution is 7.88. The zero-order valence-corrected chi connectivity index (χ0v) is 13.6. The van der Waals surface area contributed by atoms with Gasteiger partial charge in [0, 0.05) is 24.2 Å². The molecule has 6 heteroatoms. The molecule has 0 heterocycles. The van der Waals surface area contributed by atoms with Crippen molar-refractivity contribution < 1.29 is 13.2 Å². The average molecular weight is 300 g/mol. The van der Waals surface area contributed by atoms with Crippen LogP contribution in [0, 0.1) is 6.92 Å². The third-order valence-electron chi connectivity index (χ3n) is 2.78. The summed E-state index contributed by atoms with van der Waals surface area (Å²) in [5, 5.41) is 3.26. The maximum atomic E-state index is 11.3. The van der Waals surface area contributed by atoms with E-state index in [4.69, 9.17) is 4.74 Å². The Labute approximate surface area is 121 Å². The quantitative estimate of drug-likeness (QED) is 0.799. The molecule has 0 aliphatic rings. The fourth-order valence-corrected chi connectivity index (χ4v) is 3.17. The summed E-state index contributed by atoms with van der Waals surface area (Å²) < 4.78 is 30.4. The van der Waals surface area contributed by atoms with Gasteiger partial charge in [-0.05, 0) is 26.8 Å². The van der Waals surface area contributed by atoms with E-state index in [0.29, 0.717) is 13.1 Å². The zero-order chi connectivity index (χ0) is 15.4. The van der Waals surface area contributed by atoms with Crippen molar-refractivity contribution in [1.29, 1.82) is 0 Å². The minimum absolute atomic E-state index is 0.525. The monoisotopic (exact) mass is 300 g/mol. The van der Waals surface area contributed by atoms with Gasteiger partial charge in [0.1, 0.15) is 5.75 Å². The fourth-order valence-electron chi connectivity index (χ4n) is 2.09. The largest absolute Gasteiger partial charge is 0.496 e. The first-order valence-electron chi connectivity index (χ1n) is 6.46. The highest BCUT2D eigenvalue weighted by Crippen LogP contribution is 2.19. The lowest BCUT2D eigenvalue weighted by atomic mass is 10.1. The molecule has 20 heavy (non-hydrogen) atoms. The smallest absolute Gasteiger partial charge is 0.209 e. The van der Waals surface area contributed by atoms with Crippen LogP contribution in [0.3, 0.4) is 0 Å². The van der Waals surface area contributed by atoms with Crippen molar-refractivity contribution in [2.24, 2.45) is 0 Å². The van der Waals surface area contributed by atoms with Gasteiger partial charge in [-0.15, -0.1) is 0 Å². The number of nitrogens with one attached hydrogen (secondary N) is 2. The predicted molar refractivity (Wildman–Crippen MR) is 81.5 cm³/mol. The fraction of sp³-hybridized carbons (Fsp3) is 0.571. The van der Waals surface area contributed by atoms with E-state index < -0.39 is 15.6 Å². The van der Waals surface area contributed by atoms with Crippen LogP contribution >= 0.6 is 0 Å². The molecular formula is C14H24N2O3S. The van der Waals surface area contributed by atoms with E-state index in [0.717, 1.165) is 16.9 Å². The molecular weight excluding hydrogens is 276 g/mol. The number of ether oxygens (including phenoxy) is 1. The maximum absolute atomic E-state index is 11.3. The number of methoxy groups -OCH3 is 1. The van der Waals surface area contributed by atoms with Gasteiger partial charge in [-0.1, -0.05) is 17.7 Å². The number of sulfonamides is 1. The third-order valence-corrected chi connectivity index (χ3v) is 3.70. The summed E-state index contributed by atoms with van der Waals surface area (Å²) in [4.78, 5) is 0. The van der Waals surface area contributed by atoms with Crippen molar-refractivity contribution >= 4 is 10.0 Å². The summed E-state index contributed by atoms with van der Waals surface area (Å²) >= 11 is 0. The van der Waals surface area contributed by atoms with Crippen molar-refractivity contribution in [2.75, 3.05) is 19.9 Å². The topological polar surface area (TPSA) is 67.4 Å². The van der Waals surface area contributed by atoms with E-state index in [2.05, 4.69) is 16.1 Å². The molecule has 0 saturated carbocycles. The Balaban J connectivity index is 2.62. The second kappa shape index (κ2) is 6.56. The molecule has 0 atom stereocenters. The predicted octanol–water partition coefficient (Wildman–Crippen LogP) is 1.42. The number of rotatable bonds is 7. The summed E-state index contributed by atoms with van der Waals surface area (Å²) in [7, 11) is -1.57. The Morgan fingerprint density at radius 2 is 1.95 bits per heavy atom. The second-order valence-corrected chi connectivity index (χ2v) is 7.43. The van der Waals surface area contributed by atoms with Gasteiger partial charge in [0.15, 0.2) is 0 Å². The molecule has 1 aromatic carbocycles. The van der Waals surface area contributed by atoms with Crippen molar-refractivity contribution in [3.05, 3.63) is 29.3 Å². The van der Waals surface area contributed by atoms with E-state index in [1.54, 1.807) is 7.11 Å². The molecule has 1 aromatic rings. The molecule has 0 aliphatic heterocycles. The number of hydrogen-bond donors (Lipinski definition) is 2. The summed E-state index contributed by atoms with van der Waals surface area (Å²) in [5.74, 6) is 0.831. The molecule has 0 aromatic heterocycles. The van der Waals surface area contributed by atoms with Gasteiger partial charge in [0.05, 0.1) is 13.4 Å². The van der Waals surface area contributed by atoms with Crippen LogP contribution in [0.15, 0.2) is 18.2 Å². The van der Waals surface area contributed by atoms with E-state index in [1.165, 1.54) is 6.26 Å². The molecule has 0 unspecified atom stereocenters. The van der Waals surface area contributed by atoms with Crippen LogP contribution in [0.2, 0.25) is 0 Å². The van der Waals surface area contributed by atoms with Crippen molar-refractivity contribution in [1.82, 2.24) is 10.0 Å². The molecule has 0 aliphatic carbocycles. The van der Waals surface area contributed by atoms with Gasteiger partial charge in [-0.25, -0.2) is 13.1 Å². The standard InChI is InChI=1S/C14H24N2O3S/c1-11-6-7-13(19-4)12(8-11)9-15-10-14(2,3)16-20(5,17)18/h6-8,15-16H,9-10H2,1-5H3. The zero-order valence-electron chi connectivity index (χ0n) is 12.8. The summed E-state index contributed by atoms with van der Waals surface area (Å²) in [5.41, 5.74) is 1.68. The first kappa shape index (κ1) is 16.9. The van der Waals surface area contributed by atoms with E-state index >= 15 is 0 Å². The Bertz CT molecular complexity index is 554. The molecule has 0 radical (unpaired) electrons. The number of aryl methyl sites for hydroxylation is 1. The number of benzene rings is 1. The lowest BCUT2D eigenvalue weighted by Gasteiger charge is -2.25. The minimum atomic E-state index is -3.21. The van der Waals surface area contributed by atoms with Crippen LogP contribution in [0.25, 0.3) is 0 Å². The lowest BCUT2D eigenvalue weighted by molar-refractivity contribution is 0.398. The first-order chi connectivity index (χ1) is 9.13. The Morgan fingerprint density at radius 3 is 2.50 bits per heavy atom.